The minimum atomic E-state index is -0.974. The van der Waals surface area contributed by atoms with Crippen molar-refractivity contribution < 1.29 is 24.2 Å². The smallest absolute Gasteiger partial charge is 0.335 e. The van der Waals surface area contributed by atoms with Crippen molar-refractivity contribution in [1.82, 2.24) is 5.32 Å². The summed E-state index contributed by atoms with van der Waals surface area (Å²) in [4.78, 5) is 24.2. The zero-order valence-corrected chi connectivity index (χ0v) is 22.1. The molecule has 0 radical (unpaired) electrons. The van der Waals surface area contributed by atoms with E-state index in [0.717, 1.165) is 23.2 Å². The number of carboxylic acids is 1. The van der Waals surface area contributed by atoms with Gasteiger partial charge in [0.15, 0.2) is 17.0 Å². The van der Waals surface area contributed by atoms with Gasteiger partial charge < -0.3 is 25.2 Å². The summed E-state index contributed by atoms with van der Waals surface area (Å²) in [5.74, 6) is -0.102. The summed E-state index contributed by atoms with van der Waals surface area (Å²) in [5, 5.41) is 15.3. The van der Waals surface area contributed by atoms with E-state index in [1.807, 2.05) is 24.3 Å². The fourth-order valence-electron chi connectivity index (χ4n) is 3.57. The van der Waals surface area contributed by atoms with Crippen LogP contribution < -0.4 is 20.1 Å². The van der Waals surface area contributed by atoms with E-state index in [4.69, 9.17) is 14.6 Å². The van der Waals surface area contributed by atoms with E-state index in [1.54, 1.807) is 25.3 Å². The Hall–Kier alpha value is -3.43. The molecule has 0 aromatic heterocycles. The molecular weight excluding hydrogens is 544 g/mol. The highest BCUT2D eigenvalue weighted by atomic mass is 79.9. The van der Waals surface area contributed by atoms with Gasteiger partial charge in [-0.25, -0.2) is 4.79 Å². The first-order valence-electron chi connectivity index (χ1n) is 11.2. The Morgan fingerprint density at radius 1 is 1.14 bits per heavy atom. The van der Waals surface area contributed by atoms with Gasteiger partial charge in [0.2, 0.25) is 0 Å². The third-order valence-electron chi connectivity index (χ3n) is 5.52. The summed E-state index contributed by atoms with van der Waals surface area (Å²) < 4.78 is 12.2. The number of nitrogens with one attached hydrogen (secondary N) is 2. The van der Waals surface area contributed by atoms with E-state index >= 15 is 0 Å². The van der Waals surface area contributed by atoms with Crippen LogP contribution in [0.4, 0.5) is 5.69 Å². The van der Waals surface area contributed by atoms with Crippen LogP contribution in [0.25, 0.3) is 6.08 Å². The summed E-state index contributed by atoms with van der Waals surface area (Å²) in [6, 6.07) is 18.3. The maximum atomic E-state index is 12.6. The van der Waals surface area contributed by atoms with Gasteiger partial charge in [0.1, 0.15) is 6.61 Å². The highest BCUT2D eigenvalue weighted by molar-refractivity contribution is 9.10. The molecule has 0 spiro atoms. The molecule has 1 atom stereocenters. The molecule has 3 N–H and O–H groups in total. The van der Waals surface area contributed by atoms with Gasteiger partial charge in [-0.15, -0.1) is 0 Å². The summed E-state index contributed by atoms with van der Waals surface area (Å²) in [7, 11) is 1.55. The van der Waals surface area contributed by atoms with Crippen molar-refractivity contribution in [2.75, 3.05) is 12.4 Å². The lowest BCUT2D eigenvalue weighted by Gasteiger charge is -2.14. The highest BCUT2D eigenvalue weighted by Gasteiger charge is 2.27. The molecule has 36 heavy (non-hydrogen) atoms. The van der Waals surface area contributed by atoms with Gasteiger partial charge in [-0.1, -0.05) is 43.0 Å². The SMILES string of the molecule is CCc1ccc(NC2NC(=O)C(=Cc3cc(Br)c(OCc4ccc(C(=O)O)cc4)c(OC)c3)S2)cc1. The molecule has 0 aliphatic carbocycles. The molecule has 1 aliphatic rings. The Bertz CT molecular complexity index is 1290. The van der Waals surface area contributed by atoms with Gasteiger partial charge in [-0.2, -0.15) is 0 Å². The van der Waals surface area contributed by atoms with Crippen LogP contribution in [-0.2, 0) is 17.8 Å². The molecule has 1 aliphatic heterocycles. The van der Waals surface area contributed by atoms with Gasteiger partial charge >= 0.3 is 5.97 Å². The Kier molecular flexibility index (Phi) is 8.22. The molecule has 1 unspecified atom stereocenters. The lowest BCUT2D eigenvalue weighted by atomic mass is 10.1. The number of amides is 1. The maximum Gasteiger partial charge on any atom is 0.335 e. The molecule has 1 saturated heterocycles. The highest BCUT2D eigenvalue weighted by Crippen LogP contribution is 2.39. The Labute approximate surface area is 222 Å². The number of aromatic carboxylic acids is 1. The molecule has 3 aromatic carbocycles. The third kappa shape index (κ3) is 6.22. The van der Waals surface area contributed by atoms with Crippen LogP contribution in [0.3, 0.4) is 0 Å². The normalized spacial score (nSPS) is 16.0. The van der Waals surface area contributed by atoms with Gasteiger partial charge in [0.05, 0.1) is 22.1 Å². The van der Waals surface area contributed by atoms with Crippen molar-refractivity contribution in [3.63, 3.8) is 0 Å². The van der Waals surface area contributed by atoms with Crippen molar-refractivity contribution in [2.45, 2.75) is 25.4 Å². The number of aryl methyl sites for hydroxylation is 1. The first-order valence-corrected chi connectivity index (χ1v) is 12.9. The maximum absolute atomic E-state index is 12.6. The molecule has 1 heterocycles. The summed E-state index contributed by atoms with van der Waals surface area (Å²) >= 11 is 4.96. The largest absolute Gasteiger partial charge is 0.493 e. The molecular formula is C27H25BrN2O5S. The van der Waals surface area contributed by atoms with Crippen molar-refractivity contribution in [3.05, 3.63) is 92.3 Å². The molecule has 7 nitrogen and oxygen atoms in total. The van der Waals surface area contributed by atoms with E-state index in [2.05, 4.69) is 45.6 Å². The molecule has 1 fully saturated rings. The van der Waals surface area contributed by atoms with Crippen molar-refractivity contribution in [1.29, 1.82) is 0 Å². The number of thioether (sulfide) groups is 1. The second-order valence-electron chi connectivity index (χ2n) is 8.00. The summed E-state index contributed by atoms with van der Waals surface area (Å²) in [6.45, 7) is 2.35. The van der Waals surface area contributed by atoms with E-state index < -0.39 is 5.97 Å². The number of rotatable bonds is 9. The zero-order chi connectivity index (χ0) is 25.7. The lowest BCUT2D eigenvalue weighted by molar-refractivity contribution is -0.116. The Morgan fingerprint density at radius 3 is 2.47 bits per heavy atom. The second-order valence-corrected chi connectivity index (χ2v) is 10.0. The van der Waals surface area contributed by atoms with Crippen molar-refractivity contribution in [2.24, 2.45) is 0 Å². The molecule has 0 bridgehead atoms. The van der Waals surface area contributed by atoms with Crippen molar-refractivity contribution in [3.8, 4) is 11.5 Å². The third-order valence-corrected chi connectivity index (χ3v) is 7.14. The minimum absolute atomic E-state index is 0.150. The molecule has 1 amide bonds. The van der Waals surface area contributed by atoms with Gasteiger partial charge in [0.25, 0.3) is 5.91 Å². The zero-order valence-electron chi connectivity index (χ0n) is 19.7. The fraction of sp³-hybridized carbons (Fsp3) is 0.185. The summed E-state index contributed by atoms with van der Waals surface area (Å²) in [5.41, 5.74) is 3.75. The number of ether oxygens (including phenoxy) is 2. The van der Waals surface area contributed by atoms with Crippen LogP contribution in [0.1, 0.15) is 34.0 Å². The number of methoxy groups -OCH3 is 1. The van der Waals surface area contributed by atoms with Crippen LogP contribution in [0, 0.1) is 0 Å². The fourth-order valence-corrected chi connectivity index (χ4v) is 5.13. The van der Waals surface area contributed by atoms with Gasteiger partial charge in [-0.05, 0) is 81.5 Å². The number of hydrogen-bond acceptors (Lipinski definition) is 6. The monoisotopic (exact) mass is 568 g/mol. The Morgan fingerprint density at radius 2 is 1.83 bits per heavy atom. The van der Waals surface area contributed by atoms with E-state index in [9.17, 15) is 9.59 Å². The summed E-state index contributed by atoms with van der Waals surface area (Å²) in [6.07, 6.45) is 2.79. The average molecular weight is 569 g/mol. The quantitative estimate of drug-likeness (QED) is 0.276. The topological polar surface area (TPSA) is 96.9 Å². The number of carboxylic acid groups (broad SMARTS) is 1. The lowest BCUT2D eigenvalue weighted by Crippen LogP contribution is -2.30. The number of carbonyl (C=O) groups is 2. The first kappa shape index (κ1) is 25.7. The first-order chi connectivity index (χ1) is 17.4. The average Bonchev–Trinajstić information content (AvgIpc) is 3.21. The molecule has 186 valence electrons. The second kappa shape index (κ2) is 11.5. The molecule has 4 rings (SSSR count). The number of halogens is 1. The molecule has 9 heteroatoms. The Balaban J connectivity index is 1.45. The standard InChI is InChI=1S/C27H25BrN2O5S/c1-3-16-6-10-20(11-7-16)29-27-30-25(31)23(36-27)14-18-12-21(28)24(22(13-18)34-2)35-15-17-4-8-19(9-5-17)26(32)33/h4-14,27,29H,3,15H2,1-2H3,(H,30,31)(H,32,33). The molecule has 3 aromatic rings. The van der Waals surface area contributed by atoms with Gasteiger partial charge in [-0.3, -0.25) is 4.79 Å². The number of carbonyl (C=O) groups excluding carboxylic acids is 1. The minimum Gasteiger partial charge on any atom is -0.493 e. The predicted molar refractivity (Wildman–Crippen MR) is 145 cm³/mol. The molecule has 0 saturated carbocycles. The van der Waals surface area contributed by atoms with E-state index in [-0.39, 0.29) is 23.6 Å². The number of hydrogen-bond donors (Lipinski definition) is 3. The van der Waals surface area contributed by atoms with Crippen LogP contribution in [-0.4, -0.2) is 29.6 Å². The number of benzene rings is 3. The predicted octanol–water partition coefficient (Wildman–Crippen LogP) is 5.90. The van der Waals surface area contributed by atoms with Crippen LogP contribution in [0.15, 0.2) is 70.0 Å². The van der Waals surface area contributed by atoms with Gasteiger partial charge in [0, 0.05) is 5.69 Å². The van der Waals surface area contributed by atoms with Crippen LogP contribution in [0.5, 0.6) is 11.5 Å². The number of anilines is 1. The van der Waals surface area contributed by atoms with Crippen molar-refractivity contribution >= 4 is 51.3 Å². The van der Waals surface area contributed by atoms with E-state index in [1.165, 1.54) is 29.5 Å². The van der Waals surface area contributed by atoms with Crippen LogP contribution in [0.2, 0.25) is 0 Å². The van der Waals surface area contributed by atoms with Crippen LogP contribution >= 0.6 is 27.7 Å². The van der Waals surface area contributed by atoms with E-state index in [0.29, 0.717) is 20.9 Å².